The average molecular weight is 407 g/mol. The summed E-state index contributed by atoms with van der Waals surface area (Å²) < 4.78 is 16.4. The number of anilines is 1. The van der Waals surface area contributed by atoms with Crippen molar-refractivity contribution < 1.29 is 9.18 Å². The van der Waals surface area contributed by atoms with Gasteiger partial charge in [-0.25, -0.2) is 4.39 Å². The van der Waals surface area contributed by atoms with E-state index < -0.39 is 5.82 Å². The molecule has 0 spiro atoms. The molecule has 1 amide bonds. The Morgan fingerprint density at radius 1 is 1.14 bits per heavy atom. The molecule has 0 saturated heterocycles. The Hall–Kier alpha value is -3.03. The predicted molar refractivity (Wildman–Crippen MR) is 114 cm³/mol. The Morgan fingerprint density at radius 2 is 2.04 bits per heavy atom. The van der Waals surface area contributed by atoms with Gasteiger partial charge in [-0.2, -0.15) is 5.10 Å². The van der Waals surface area contributed by atoms with Crippen LogP contribution in [0.4, 0.5) is 10.1 Å². The van der Waals surface area contributed by atoms with Crippen LogP contribution in [0, 0.1) is 5.82 Å². The van der Waals surface area contributed by atoms with Crippen molar-refractivity contribution in [1.82, 2.24) is 10.2 Å². The third-order valence-corrected chi connectivity index (χ3v) is 6.51. The van der Waals surface area contributed by atoms with Crippen molar-refractivity contribution in [2.24, 2.45) is 0 Å². The summed E-state index contributed by atoms with van der Waals surface area (Å²) >= 11 is 3.07. The van der Waals surface area contributed by atoms with Crippen LogP contribution in [0.3, 0.4) is 0 Å². The fourth-order valence-corrected chi connectivity index (χ4v) is 4.97. The van der Waals surface area contributed by atoms with E-state index in [0.717, 1.165) is 19.8 Å². The molecule has 0 aliphatic heterocycles. The smallest absolute Gasteiger partial charge is 0.229 e. The van der Waals surface area contributed by atoms with Gasteiger partial charge in [0.25, 0.3) is 0 Å². The zero-order chi connectivity index (χ0) is 19.1. The molecule has 138 valence electrons. The van der Waals surface area contributed by atoms with Crippen LogP contribution in [-0.2, 0) is 11.2 Å². The van der Waals surface area contributed by atoms with Gasteiger partial charge in [-0.1, -0.05) is 24.3 Å². The summed E-state index contributed by atoms with van der Waals surface area (Å²) in [6.45, 7) is 0. The number of thiophene rings is 2. The molecule has 5 rings (SSSR count). The van der Waals surface area contributed by atoms with Gasteiger partial charge < -0.3 is 5.32 Å². The minimum atomic E-state index is -0.474. The van der Waals surface area contributed by atoms with Crippen molar-refractivity contribution in [1.29, 1.82) is 0 Å². The second-order valence-corrected chi connectivity index (χ2v) is 8.49. The molecule has 0 unspecified atom stereocenters. The average Bonchev–Trinajstić information content (AvgIpc) is 3.42. The van der Waals surface area contributed by atoms with Gasteiger partial charge in [0.05, 0.1) is 27.9 Å². The fraction of sp³-hybridized carbons (Fsp3) is 0.0476. The van der Waals surface area contributed by atoms with E-state index in [1.54, 1.807) is 23.5 Å². The van der Waals surface area contributed by atoms with Gasteiger partial charge >= 0.3 is 0 Å². The van der Waals surface area contributed by atoms with E-state index in [1.165, 1.54) is 11.3 Å². The summed E-state index contributed by atoms with van der Waals surface area (Å²) in [5, 5.41) is 13.3. The number of H-pyrrole nitrogens is 1. The summed E-state index contributed by atoms with van der Waals surface area (Å²) in [7, 11) is 0. The second kappa shape index (κ2) is 6.85. The van der Waals surface area contributed by atoms with Crippen LogP contribution in [0.25, 0.3) is 31.6 Å². The van der Waals surface area contributed by atoms with Crippen molar-refractivity contribution in [2.75, 3.05) is 5.32 Å². The molecule has 2 aromatic carbocycles. The number of carbonyl (C=O) groups excluding carboxylic acids is 1. The van der Waals surface area contributed by atoms with Crippen molar-refractivity contribution in [3.05, 3.63) is 70.7 Å². The number of benzene rings is 2. The summed E-state index contributed by atoms with van der Waals surface area (Å²) in [6, 6.07) is 17.1. The first-order valence-electron chi connectivity index (χ1n) is 8.67. The fourth-order valence-electron chi connectivity index (χ4n) is 3.21. The molecule has 28 heavy (non-hydrogen) atoms. The lowest BCUT2D eigenvalue weighted by Crippen LogP contribution is -2.14. The minimum Gasteiger partial charge on any atom is -0.323 e. The molecule has 0 bridgehead atoms. The van der Waals surface area contributed by atoms with Crippen LogP contribution in [0.15, 0.2) is 60.0 Å². The third-order valence-electron chi connectivity index (χ3n) is 4.51. The first-order chi connectivity index (χ1) is 13.7. The number of rotatable bonds is 4. The number of carbonyl (C=O) groups is 1. The lowest BCUT2D eigenvalue weighted by Gasteiger charge is -2.07. The Balaban J connectivity index is 1.53. The number of nitrogens with zero attached hydrogens (tertiary/aromatic N) is 1. The third kappa shape index (κ3) is 2.98. The van der Waals surface area contributed by atoms with Crippen LogP contribution in [0.1, 0.15) is 4.88 Å². The second-order valence-electron chi connectivity index (χ2n) is 6.37. The van der Waals surface area contributed by atoms with Crippen LogP contribution in [0.5, 0.6) is 0 Å². The zero-order valence-electron chi connectivity index (χ0n) is 14.5. The zero-order valence-corrected chi connectivity index (χ0v) is 16.2. The normalized spacial score (nSPS) is 11.3. The molecular weight excluding hydrogens is 393 g/mol. The SMILES string of the molecule is O=C(Cc1cccs1)Nc1ccc2[nH]nc(-c3cc4ccccc4s3)c2c1F. The summed E-state index contributed by atoms with van der Waals surface area (Å²) in [6.07, 6.45) is 0.226. The Bertz CT molecular complexity index is 1270. The van der Waals surface area contributed by atoms with E-state index in [-0.39, 0.29) is 18.0 Å². The molecular formula is C21H14FN3OS2. The molecule has 0 aliphatic carbocycles. The maximum absolute atomic E-state index is 15.3. The monoisotopic (exact) mass is 407 g/mol. The minimum absolute atomic E-state index is 0.165. The van der Waals surface area contributed by atoms with E-state index in [2.05, 4.69) is 15.5 Å². The van der Waals surface area contributed by atoms with Crippen molar-refractivity contribution in [3.8, 4) is 10.6 Å². The number of hydrogen-bond acceptors (Lipinski definition) is 4. The molecule has 2 N–H and O–H groups in total. The lowest BCUT2D eigenvalue weighted by atomic mass is 10.1. The van der Waals surface area contributed by atoms with E-state index in [4.69, 9.17) is 0 Å². The maximum Gasteiger partial charge on any atom is 0.229 e. The van der Waals surface area contributed by atoms with Crippen molar-refractivity contribution in [2.45, 2.75) is 6.42 Å². The van der Waals surface area contributed by atoms with E-state index in [9.17, 15) is 4.79 Å². The van der Waals surface area contributed by atoms with Crippen molar-refractivity contribution in [3.63, 3.8) is 0 Å². The van der Waals surface area contributed by atoms with Gasteiger partial charge in [0.2, 0.25) is 5.91 Å². The first kappa shape index (κ1) is 17.1. The number of fused-ring (bicyclic) bond motifs is 2. The van der Waals surface area contributed by atoms with Gasteiger partial charge in [-0.15, -0.1) is 22.7 Å². The largest absolute Gasteiger partial charge is 0.323 e. The highest BCUT2D eigenvalue weighted by atomic mass is 32.1. The maximum atomic E-state index is 15.3. The van der Waals surface area contributed by atoms with Crippen molar-refractivity contribution >= 4 is 55.3 Å². The molecule has 0 atom stereocenters. The highest BCUT2D eigenvalue weighted by molar-refractivity contribution is 7.22. The Kier molecular flexibility index (Phi) is 4.18. The number of halogens is 1. The van der Waals surface area contributed by atoms with Crippen LogP contribution < -0.4 is 5.32 Å². The first-order valence-corrected chi connectivity index (χ1v) is 10.4. The quantitative estimate of drug-likeness (QED) is 0.394. The predicted octanol–water partition coefficient (Wildman–Crippen LogP) is 5.83. The number of aromatic amines is 1. The molecule has 0 fully saturated rings. The molecule has 0 radical (unpaired) electrons. The Labute approximate surface area is 167 Å². The van der Waals surface area contributed by atoms with E-state index in [1.807, 2.05) is 47.8 Å². The lowest BCUT2D eigenvalue weighted by molar-refractivity contribution is -0.115. The molecule has 7 heteroatoms. The van der Waals surface area contributed by atoms with Crippen LogP contribution in [-0.4, -0.2) is 16.1 Å². The van der Waals surface area contributed by atoms with Gasteiger partial charge in [0, 0.05) is 9.58 Å². The number of amides is 1. The highest BCUT2D eigenvalue weighted by Gasteiger charge is 2.18. The standard InChI is InChI=1S/C21H14FN3OS2/c22-20-15(23-18(26)11-13-5-3-9-27-13)8-7-14-19(20)21(25-24-14)17-10-12-4-1-2-6-16(12)28-17/h1-10H,11H2,(H,23,26)(H,24,25). The number of nitrogens with one attached hydrogen (secondary N) is 2. The molecule has 3 aromatic heterocycles. The highest BCUT2D eigenvalue weighted by Crippen LogP contribution is 2.38. The number of hydrogen-bond donors (Lipinski definition) is 2. The van der Waals surface area contributed by atoms with Gasteiger partial charge in [0.1, 0.15) is 5.69 Å². The van der Waals surface area contributed by atoms with Gasteiger partial charge in [-0.05, 0) is 41.1 Å². The summed E-state index contributed by atoms with van der Waals surface area (Å²) in [5.41, 5.74) is 1.32. The molecule has 5 aromatic rings. The van der Waals surface area contributed by atoms with E-state index in [0.29, 0.717) is 16.6 Å². The van der Waals surface area contributed by atoms with Gasteiger partial charge in [0.15, 0.2) is 5.82 Å². The van der Waals surface area contributed by atoms with Gasteiger partial charge in [-0.3, -0.25) is 9.89 Å². The summed E-state index contributed by atoms with van der Waals surface area (Å²) in [4.78, 5) is 14.1. The molecule has 3 heterocycles. The molecule has 4 nitrogen and oxygen atoms in total. The topological polar surface area (TPSA) is 57.8 Å². The van der Waals surface area contributed by atoms with Crippen LogP contribution in [0.2, 0.25) is 0 Å². The van der Waals surface area contributed by atoms with Crippen LogP contribution >= 0.6 is 22.7 Å². The van der Waals surface area contributed by atoms with E-state index >= 15 is 4.39 Å². The molecule has 0 saturated carbocycles. The molecule has 0 aliphatic rings. The number of aromatic nitrogens is 2. The summed E-state index contributed by atoms with van der Waals surface area (Å²) in [5.74, 6) is -0.717. The Morgan fingerprint density at radius 3 is 2.86 bits per heavy atom.